The molecule has 0 heterocycles. The number of rotatable bonds is 3. The number of ketones is 1. The fourth-order valence-electron chi connectivity index (χ4n) is 1.66. The molecule has 2 aromatic rings. The molecule has 0 amide bonds. The van der Waals surface area contributed by atoms with Crippen LogP contribution in [0.25, 0.3) is 0 Å². The van der Waals surface area contributed by atoms with E-state index in [9.17, 15) is 4.79 Å². The predicted molar refractivity (Wildman–Crippen MR) is 64.5 cm³/mol. The lowest BCUT2D eigenvalue weighted by Gasteiger charge is -2.03. The predicted octanol–water partition coefficient (Wildman–Crippen LogP) is 3.28. The lowest BCUT2D eigenvalue weighted by molar-refractivity contribution is 0.101. The second-order valence-electron chi connectivity index (χ2n) is 3.82. The first-order chi connectivity index (χ1) is 7.75. The van der Waals surface area contributed by atoms with Gasteiger partial charge in [0.05, 0.1) is 0 Å². The number of Topliss-reactive ketones (excluding diaryl/α,β-unsaturated/α-hetero) is 1. The van der Waals surface area contributed by atoms with Crippen LogP contribution in [0.1, 0.15) is 28.4 Å². The summed E-state index contributed by atoms with van der Waals surface area (Å²) < 4.78 is 0. The number of carbonyl (C=O) groups is 1. The van der Waals surface area contributed by atoms with E-state index in [0.29, 0.717) is 0 Å². The summed E-state index contributed by atoms with van der Waals surface area (Å²) in [6.45, 7) is 1.59. The fraction of sp³-hybridized carbons (Fsp3) is 0.133. The van der Waals surface area contributed by atoms with E-state index in [1.54, 1.807) is 6.92 Å². The standard InChI is InChI=1S/C15H13O/c1-12(16)15-9-5-8-14(11-15)10-13-6-3-2-4-7-13/h2-6,8-9,11H,10H2,1H3. The highest BCUT2D eigenvalue weighted by Crippen LogP contribution is 2.11. The molecule has 0 aliphatic heterocycles. The molecule has 0 saturated carbocycles. The molecule has 0 aliphatic rings. The molecular weight excluding hydrogens is 196 g/mol. The maximum atomic E-state index is 11.2. The van der Waals surface area contributed by atoms with Crippen molar-refractivity contribution in [2.75, 3.05) is 0 Å². The highest BCUT2D eigenvalue weighted by atomic mass is 16.1. The van der Waals surface area contributed by atoms with Gasteiger partial charge < -0.3 is 0 Å². The average molecular weight is 209 g/mol. The molecule has 0 atom stereocenters. The molecule has 0 aromatic heterocycles. The summed E-state index contributed by atoms with van der Waals surface area (Å²) in [4.78, 5) is 11.2. The first-order valence-corrected chi connectivity index (χ1v) is 5.31. The Morgan fingerprint density at radius 3 is 2.75 bits per heavy atom. The molecule has 79 valence electrons. The van der Waals surface area contributed by atoms with E-state index in [0.717, 1.165) is 23.1 Å². The van der Waals surface area contributed by atoms with Crippen LogP contribution in [0.4, 0.5) is 0 Å². The van der Waals surface area contributed by atoms with Crippen molar-refractivity contribution in [2.24, 2.45) is 0 Å². The number of hydrogen-bond donors (Lipinski definition) is 0. The van der Waals surface area contributed by atoms with E-state index in [-0.39, 0.29) is 5.78 Å². The zero-order valence-corrected chi connectivity index (χ0v) is 9.23. The van der Waals surface area contributed by atoms with Crippen molar-refractivity contribution in [3.05, 3.63) is 71.3 Å². The molecule has 2 rings (SSSR count). The lowest BCUT2D eigenvalue weighted by atomic mass is 10.0. The summed E-state index contributed by atoms with van der Waals surface area (Å²) >= 11 is 0. The van der Waals surface area contributed by atoms with Gasteiger partial charge in [-0.25, -0.2) is 0 Å². The van der Waals surface area contributed by atoms with E-state index in [1.807, 2.05) is 48.5 Å². The second-order valence-corrected chi connectivity index (χ2v) is 3.82. The van der Waals surface area contributed by atoms with Gasteiger partial charge in [-0.05, 0) is 36.6 Å². The number of benzene rings is 2. The summed E-state index contributed by atoms with van der Waals surface area (Å²) in [6, 6.07) is 18.8. The van der Waals surface area contributed by atoms with Gasteiger partial charge in [0.2, 0.25) is 0 Å². The van der Waals surface area contributed by atoms with E-state index < -0.39 is 0 Å². The Morgan fingerprint density at radius 2 is 2.06 bits per heavy atom. The Morgan fingerprint density at radius 1 is 1.19 bits per heavy atom. The molecule has 0 spiro atoms. The summed E-state index contributed by atoms with van der Waals surface area (Å²) in [5, 5.41) is 0. The first kappa shape index (κ1) is 10.6. The van der Waals surface area contributed by atoms with Gasteiger partial charge in [-0.1, -0.05) is 42.5 Å². The Bertz CT molecular complexity index is 486. The molecule has 0 unspecified atom stereocenters. The maximum Gasteiger partial charge on any atom is 0.159 e. The van der Waals surface area contributed by atoms with Gasteiger partial charge in [0.1, 0.15) is 0 Å². The minimum Gasteiger partial charge on any atom is -0.295 e. The van der Waals surface area contributed by atoms with Gasteiger partial charge in [-0.15, -0.1) is 0 Å². The lowest BCUT2D eigenvalue weighted by Crippen LogP contribution is -1.94. The molecule has 2 aromatic carbocycles. The smallest absolute Gasteiger partial charge is 0.159 e. The third kappa shape index (κ3) is 2.57. The molecule has 0 fully saturated rings. The molecular formula is C15H13O. The van der Waals surface area contributed by atoms with Gasteiger partial charge in [-0.2, -0.15) is 0 Å². The molecule has 1 heteroatoms. The van der Waals surface area contributed by atoms with Crippen molar-refractivity contribution in [3.8, 4) is 0 Å². The monoisotopic (exact) mass is 209 g/mol. The van der Waals surface area contributed by atoms with Crippen LogP contribution in [0.2, 0.25) is 0 Å². The molecule has 0 N–H and O–H groups in total. The zero-order valence-electron chi connectivity index (χ0n) is 9.23. The van der Waals surface area contributed by atoms with Crippen molar-refractivity contribution in [3.63, 3.8) is 0 Å². The van der Waals surface area contributed by atoms with Gasteiger partial charge in [0.15, 0.2) is 5.78 Å². The Kier molecular flexibility index (Phi) is 3.16. The fourth-order valence-corrected chi connectivity index (χ4v) is 1.66. The molecule has 16 heavy (non-hydrogen) atoms. The van der Waals surface area contributed by atoms with Crippen molar-refractivity contribution < 1.29 is 4.79 Å². The van der Waals surface area contributed by atoms with Crippen LogP contribution >= 0.6 is 0 Å². The van der Waals surface area contributed by atoms with Crippen LogP contribution in [0, 0.1) is 6.07 Å². The van der Waals surface area contributed by atoms with Crippen LogP contribution < -0.4 is 0 Å². The molecule has 1 radical (unpaired) electrons. The van der Waals surface area contributed by atoms with E-state index in [4.69, 9.17) is 0 Å². The van der Waals surface area contributed by atoms with Crippen LogP contribution in [0.3, 0.4) is 0 Å². The molecule has 0 aliphatic carbocycles. The third-order valence-corrected chi connectivity index (χ3v) is 2.50. The normalized spacial score (nSPS) is 10.1. The maximum absolute atomic E-state index is 11.2. The van der Waals surface area contributed by atoms with Gasteiger partial charge in [0.25, 0.3) is 0 Å². The molecule has 0 bridgehead atoms. The van der Waals surface area contributed by atoms with Crippen LogP contribution in [0.5, 0.6) is 0 Å². The summed E-state index contributed by atoms with van der Waals surface area (Å²) in [5.74, 6) is 0.110. The highest BCUT2D eigenvalue weighted by Gasteiger charge is 2.01. The summed E-state index contributed by atoms with van der Waals surface area (Å²) in [6.07, 6.45) is 0.821. The van der Waals surface area contributed by atoms with Crippen LogP contribution in [0.15, 0.2) is 48.5 Å². The number of carbonyl (C=O) groups excluding carboxylic acids is 1. The van der Waals surface area contributed by atoms with Gasteiger partial charge in [-0.3, -0.25) is 4.79 Å². The van der Waals surface area contributed by atoms with Crippen molar-refractivity contribution >= 4 is 5.78 Å². The van der Waals surface area contributed by atoms with E-state index in [1.165, 1.54) is 0 Å². The van der Waals surface area contributed by atoms with Gasteiger partial charge in [0, 0.05) is 5.56 Å². The quantitative estimate of drug-likeness (QED) is 0.709. The van der Waals surface area contributed by atoms with E-state index in [2.05, 4.69) is 6.07 Å². The van der Waals surface area contributed by atoms with Gasteiger partial charge >= 0.3 is 0 Å². The van der Waals surface area contributed by atoms with E-state index >= 15 is 0 Å². The Labute approximate surface area is 95.7 Å². The number of hydrogen-bond acceptors (Lipinski definition) is 1. The van der Waals surface area contributed by atoms with Crippen LogP contribution in [-0.4, -0.2) is 5.78 Å². The summed E-state index contributed by atoms with van der Waals surface area (Å²) in [5.41, 5.74) is 3.06. The minimum atomic E-state index is 0.110. The SMILES string of the molecule is CC(=O)c1cccc(Cc2[c]cccc2)c1. The third-order valence-electron chi connectivity index (χ3n) is 2.50. The molecule has 0 saturated heterocycles. The summed E-state index contributed by atoms with van der Waals surface area (Å²) in [7, 11) is 0. The van der Waals surface area contributed by atoms with Crippen molar-refractivity contribution in [1.29, 1.82) is 0 Å². The second kappa shape index (κ2) is 4.75. The Hall–Kier alpha value is -1.89. The first-order valence-electron chi connectivity index (χ1n) is 5.31. The highest BCUT2D eigenvalue weighted by molar-refractivity contribution is 5.94. The Balaban J connectivity index is 2.22. The van der Waals surface area contributed by atoms with Crippen molar-refractivity contribution in [1.82, 2.24) is 0 Å². The van der Waals surface area contributed by atoms with Crippen LogP contribution in [-0.2, 0) is 6.42 Å². The zero-order chi connectivity index (χ0) is 11.4. The minimum absolute atomic E-state index is 0.110. The van der Waals surface area contributed by atoms with Crippen molar-refractivity contribution in [2.45, 2.75) is 13.3 Å². The topological polar surface area (TPSA) is 17.1 Å². The molecule has 1 nitrogen and oxygen atoms in total. The average Bonchev–Trinajstić information content (AvgIpc) is 2.30. The largest absolute Gasteiger partial charge is 0.295 e.